The summed E-state index contributed by atoms with van der Waals surface area (Å²) in [6, 6.07) is 6.06. The molecule has 0 radical (unpaired) electrons. The predicted molar refractivity (Wildman–Crippen MR) is 52.4 cm³/mol. The normalized spacial score (nSPS) is 10.7. The number of hydrogen-bond acceptors (Lipinski definition) is 1. The minimum absolute atomic E-state index is 0.994. The molecule has 0 aliphatic heterocycles. The minimum Gasteiger partial charge on any atom is -0.337 e. The Morgan fingerprint density at radius 2 is 2.23 bits per heavy atom. The number of quaternary nitrogens is 2. The second-order valence-electron chi connectivity index (χ2n) is 3.56. The van der Waals surface area contributed by atoms with Gasteiger partial charge in [0.1, 0.15) is 19.6 Å². The Morgan fingerprint density at radius 1 is 1.38 bits per heavy atom. The summed E-state index contributed by atoms with van der Waals surface area (Å²) in [4.78, 5) is 5.75. The van der Waals surface area contributed by atoms with Crippen molar-refractivity contribution >= 4 is 0 Å². The Balaban J connectivity index is 2.13. The number of hydrogen-bond donors (Lipinski definition) is 2. The molecule has 1 rings (SSSR count). The second kappa shape index (κ2) is 5.67. The first-order chi connectivity index (χ1) is 6.29. The van der Waals surface area contributed by atoms with E-state index >= 15 is 0 Å². The fourth-order valence-corrected chi connectivity index (χ4v) is 1.16. The van der Waals surface area contributed by atoms with Crippen molar-refractivity contribution in [2.75, 3.05) is 27.2 Å². The van der Waals surface area contributed by atoms with Crippen LogP contribution in [0.1, 0.15) is 5.69 Å². The molecule has 0 aromatic carbocycles. The molecule has 1 aromatic rings. The average molecular weight is 181 g/mol. The number of nitrogens with one attached hydrogen (secondary N) is 1. The maximum absolute atomic E-state index is 4.26. The summed E-state index contributed by atoms with van der Waals surface area (Å²) in [6.45, 7) is 3.36. The van der Waals surface area contributed by atoms with Crippen molar-refractivity contribution in [1.29, 1.82) is 0 Å². The smallest absolute Gasteiger partial charge is 0.126 e. The average Bonchev–Trinajstić information content (AvgIpc) is 2.14. The number of likely N-dealkylation sites (N-methyl/N-ethyl adjacent to an activating group) is 1. The SMILES string of the molecule is C[NH+](C)CC[NH2+]Cc1ccccn1. The van der Waals surface area contributed by atoms with Crippen molar-refractivity contribution in [1.82, 2.24) is 4.98 Å². The van der Waals surface area contributed by atoms with Gasteiger partial charge in [-0.15, -0.1) is 0 Å². The largest absolute Gasteiger partial charge is 0.337 e. The minimum atomic E-state index is 0.994. The van der Waals surface area contributed by atoms with Crippen LogP contribution in [0.25, 0.3) is 0 Å². The van der Waals surface area contributed by atoms with Gasteiger partial charge >= 0.3 is 0 Å². The Hall–Kier alpha value is -0.930. The fraction of sp³-hybridized carbons (Fsp3) is 0.500. The van der Waals surface area contributed by atoms with Gasteiger partial charge in [-0.3, -0.25) is 4.98 Å². The third kappa shape index (κ3) is 4.60. The molecule has 0 spiro atoms. The number of nitrogens with zero attached hydrogens (tertiary/aromatic N) is 1. The van der Waals surface area contributed by atoms with E-state index in [1.807, 2.05) is 18.3 Å². The van der Waals surface area contributed by atoms with Crippen LogP contribution in [0.3, 0.4) is 0 Å². The first-order valence-electron chi connectivity index (χ1n) is 4.79. The van der Waals surface area contributed by atoms with Crippen LogP contribution in [0.5, 0.6) is 0 Å². The predicted octanol–water partition coefficient (Wildman–Crippen LogP) is -1.71. The van der Waals surface area contributed by atoms with Gasteiger partial charge in [-0.1, -0.05) is 6.07 Å². The van der Waals surface area contributed by atoms with Crippen LogP contribution >= 0.6 is 0 Å². The molecule has 0 fully saturated rings. The van der Waals surface area contributed by atoms with Crippen molar-refractivity contribution in [3.05, 3.63) is 30.1 Å². The summed E-state index contributed by atoms with van der Waals surface area (Å²) in [7, 11) is 4.35. The molecule has 0 unspecified atom stereocenters. The van der Waals surface area contributed by atoms with Gasteiger partial charge in [0, 0.05) is 6.20 Å². The van der Waals surface area contributed by atoms with E-state index in [2.05, 4.69) is 30.5 Å². The van der Waals surface area contributed by atoms with E-state index in [4.69, 9.17) is 0 Å². The molecule has 0 aliphatic rings. The van der Waals surface area contributed by atoms with E-state index in [-0.39, 0.29) is 0 Å². The number of nitrogens with two attached hydrogens (primary N) is 1. The highest BCUT2D eigenvalue weighted by atomic mass is 15.1. The zero-order chi connectivity index (χ0) is 9.52. The van der Waals surface area contributed by atoms with E-state index in [0.717, 1.165) is 12.2 Å². The van der Waals surface area contributed by atoms with Gasteiger partial charge in [-0.2, -0.15) is 0 Å². The fourth-order valence-electron chi connectivity index (χ4n) is 1.16. The van der Waals surface area contributed by atoms with Crippen molar-refractivity contribution in [3.63, 3.8) is 0 Å². The molecule has 3 heteroatoms. The molecule has 0 aliphatic carbocycles. The molecule has 3 nitrogen and oxygen atoms in total. The molecule has 0 atom stereocenters. The maximum Gasteiger partial charge on any atom is 0.126 e. The maximum atomic E-state index is 4.26. The van der Waals surface area contributed by atoms with Gasteiger partial charge in [-0.25, -0.2) is 0 Å². The van der Waals surface area contributed by atoms with Crippen molar-refractivity contribution in [2.24, 2.45) is 0 Å². The summed E-state index contributed by atoms with van der Waals surface area (Å²) in [5, 5.41) is 2.30. The molecule has 1 heterocycles. The van der Waals surface area contributed by atoms with Crippen LogP contribution < -0.4 is 10.2 Å². The molecule has 1 aromatic heterocycles. The van der Waals surface area contributed by atoms with Crippen LogP contribution in [0.15, 0.2) is 24.4 Å². The van der Waals surface area contributed by atoms with Crippen LogP contribution in [0.4, 0.5) is 0 Å². The van der Waals surface area contributed by atoms with Crippen LogP contribution in [-0.4, -0.2) is 32.2 Å². The summed E-state index contributed by atoms with van der Waals surface area (Å²) < 4.78 is 0. The highest BCUT2D eigenvalue weighted by molar-refractivity contribution is 5.01. The molecular formula is C10H19N3+2. The van der Waals surface area contributed by atoms with Crippen LogP contribution in [-0.2, 0) is 6.54 Å². The van der Waals surface area contributed by atoms with Crippen molar-refractivity contribution in [3.8, 4) is 0 Å². The second-order valence-corrected chi connectivity index (χ2v) is 3.56. The Kier molecular flexibility index (Phi) is 4.43. The Morgan fingerprint density at radius 3 is 2.85 bits per heavy atom. The highest BCUT2D eigenvalue weighted by Gasteiger charge is 1.97. The first-order valence-corrected chi connectivity index (χ1v) is 4.79. The highest BCUT2D eigenvalue weighted by Crippen LogP contribution is 1.87. The van der Waals surface area contributed by atoms with Gasteiger partial charge in [-0.05, 0) is 12.1 Å². The monoisotopic (exact) mass is 181 g/mol. The van der Waals surface area contributed by atoms with Crippen molar-refractivity contribution in [2.45, 2.75) is 6.54 Å². The molecule has 0 bridgehead atoms. The third-order valence-electron chi connectivity index (χ3n) is 1.93. The van der Waals surface area contributed by atoms with E-state index in [9.17, 15) is 0 Å². The topological polar surface area (TPSA) is 33.9 Å². The molecule has 13 heavy (non-hydrogen) atoms. The lowest BCUT2D eigenvalue weighted by molar-refractivity contribution is -0.875. The molecule has 72 valence electrons. The number of pyridine rings is 1. The summed E-state index contributed by atoms with van der Waals surface area (Å²) in [5.74, 6) is 0. The molecule has 0 saturated heterocycles. The lowest BCUT2D eigenvalue weighted by Crippen LogP contribution is -3.09. The Labute approximate surface area is 79.8 Å². The van der Waals surface area contributed by atoms with E-state index < -0.39 is 0 Å². The van der Waals surface area contributed by atoms with Crippen LogP contribution in [0, 0.1) is 0 Å². The quantitative estimate of drug-likeness (QED) is 0.521. The molecule has 0 amide bonds. The van der Waals surface area contributed by atoms with E-state index in [1.54, 1.807) is 0 Å². The van der Waals surface area contributed by atoms with Crippen molar-refractivity contribution < 1.29 is 10.2 Å². The zero-order valence-corrected chi connectivity index (χ0v) is 8.46. The summed E-state index contributed by atoms with van der Waals surface area (Å²) >= 11 is 0. The molecular weight excluding hydrogens is 162 g/mol. The van der Waals surface area contributed by atoms with Gasteiger partial charge in [0.25, 0.3) is 0 Å². The number of aromatic nitrogens is 1. The van der Waals surface area contributed by atoms with Crippen LogP contribution in [0.2, 0.25) is 0 Å². The first kappa shape index (κ1) is 10.2. The molecule has 0 saturated carbocycles. The third-order valence-corrected chi connectivity index (χ3v) is 1.93. The van der Waals surface area contributed by atoms with Gasteiger partial charge < -0.3 is 10.2 Å². The van der Waals surface area contributed by atoms with E-state index in [0.29, 0.717) is 0 Å². The lowest BCUT2D eigenvalue weighted by atomic mass is 10.3. The van der Waals surface area contributed by atoms with Gasteiger partial charge in [0.15, 0.2) is 0 Å². The summed E-state index contributed by atoms with van der Waals surface area (Å²) in [6.07, 6.45) is 1.85. The van der Waals surface area contributed by atoms with E-state index in [1.165, 1.54) is 18.0 Å². The molecule has 3 N–H and O–H groups in total. The van der Waals surface area contributed by atoms with Gasteiger partial charge in [0.2, 0.25) is 0 Å². The standard InChI is InChI=1S/C10H17N3/c1-13(2)8-7-11-9-10-5-3-4-6-12-10/h3-6,11H,7-9H2,1-2H3/p+2. The number of rotatable bonds is 5. The lowest BCUT2D eigenvalue weighted by Gasteiger charge is -2.05. The zero-order valence-electron chi connectivity index (χ0n) is 8.46. The van der Waals surface area contributed by atoms with Gasteiger partial charge in [0.05, 0.1) is 19.8 Å². The Bertz CT molecular complexity index is 221. The summed E-state index contributed by atoms with van der Waals surface area (Å²) in [5.41, 5.74) is 1.16.